The Balaban J connectivity index is 1.65. The topological polar surface area (TPSA) is 37.3 Å². The van der Waals surface area contributed by atoms with Crippen LogP contribution in [0.15, 0.2) is 36.4 Å². The average molecular weight is 369 g/mol. The predicted octanol–water partition coefficient (Wildman–Crippen LogP) is 7.78. The molecule has 0 aromatic heterocycles. The van der Waals surface area contributed by atoms with Crippen molar-refractivity contribution in [2.24, 2.45) is 0 Å². The number of fused-ring (bicyclic) bond motifs is 1. The molecule has 2 aromatic rings. The Labute approximate surface area is 165 Å². The second-order valence-corrected chi connectivity index (χ2v) is 7.77. The van der Waals surface area contributed by atoms with E-state index in [0.717, 1.165) is 29.2 Å². The quantitative estimate of drug-likeness (QED) is 0.346. The van der Waals surface area contributed by atoms with E-state index in [1.165, 1.54) is 70.6 Å². The third-order valence-corrected chi connectivity index (χ3v) is 5.53. The normalized spacial score (nSPS) is 11.1. The molecule has 0 unspecified atom stereocenters. The van der Waals surface area contributed by atoms with Crippen molar-refractivity contribution < 1.29 is 9.90 Å². The van der Waals surface area contributed by atoms with Gasteiger partial charge in [-0.3, -0.25) is 0 Å². The fraction of sp³-hybridized carbons (Fsp3) is 0.560. The maximum absolute atomic E-state index is 11.8. The number of benzene rings is 2. The molecule has 2 rings (SSSR count). The first kappa shape index (κ1) is 21.5. The molecule has 0 radical (unpaired) electrons. The zero-order valence-electron chi connectivity index (χ0n) is 17.0. The molecule has 2 nitrogen and oxygen atoms in total. The summed E-state index contributed by atoms with van der Waals surface area (Å²) in [6.07, 6.45) is 16.8. The van der Waals surface area contributed by atoms with Crippen molar-refractivity contribution in [3.63, 3.8) is 0 Å². The average Bonchev–Trinajstić information content (AvgIpc) is 2.68. The third kappa shape index (κ3) is 7.36. The van der Waals surface area contributed by atoms with Crippen LogP contribution in [-0.2, 0) is 6.42 Å². The van der Waals surface area contributed by atoms with Gasteiger partial charge in [-0.15, -0.1) is 0 Å². The number of hydrogen-bond acceptors (Lipinski definition) is 1. The zero-order chi connectivity index (χ0) is 19.3. The Kier molecular flexibility index (Phi) is 9.97. The van der Waals surface area contributed by atoms with Gasteiger partial charge in [0.25, 0.3) is 0 Å². The molecule has 148 valence electrons. The van der Waals surface area contributed by atoms with E-state index in [9.17, 15) is 9.90 Å². The molecule has 0 atom stereocenters. The standard InChI is InChI=1S/C25H36O2/c1-2-3-4-5-6-7-8-9-10-11-12-13-17-22-20-19-21-16-14-15-18-23(21)24(22)25(26)27/h14-16,18-20H,2-13,17H2,1H3,(H,26,27). The minimum Gasteiger partial charge on any atom is -0.478 e. The highest BCUT2D eigenvalue weighted by atomic mass is 16.4. The highest BCUT2D eigenvalue weighted by Gasteiger charge is 2.13. The van der Waals surface area contributed by atoms with Crippen molar-refractivity contribution in [3.8, 4) is 0 Å². The van der Waals surface area contributed by atoms with Crippen LogP contribution in [0.2, 0.25) is 0 Å². The molecule has 0 amide bonds. The Morgan fingerprint density at radius 3 is 1.89 bits per heavy atom. The van der Waals surface area contributed by atoms with E-state index >= 15 is 0 Å². The second kappa shape index (κ2) is 12.5. The van der Waals surface area contributed by atoms with Crippen LogP contribution in [0.25, 0.3) is 10.8 Å². The van der Waals surface area contributed by atoms with Gasteiger partial charge in [-0.2, -0.15) is 0 Å². The van der Waals surface area contributed by atoms with Crippen molar-refractivity contribution in [2.45, 2.75) is 90.4 Å². The first-order chi connectivity index (χ1) is 13.2. The van der Waals surface area contributed by atoms with Gasteiger partial charge < -0.3 is 5.11 Å². The van der Waals surface area contributed by atoms with Crippen LogP contribution in [0, 0.1) is 0 Å². The molecule has 0 saturated carbocycles. The predicted molar refractivity (Wildman–Crippen MR) is 116 cm³/mol. The number of aryl methyl sites for hydroxylation is 1. The fourth-order valence-corrected chi connectivity index (χ4v) is 3.93. The van der Waals surface area contributed by atoms with Gasteiger partial charge in [-0.25, -0.2) is 4.79 Å². The van der Waals surface area contributed by atoms with Crippen LogP contribution in [0.5, 0.6) is 0 Å². The van der Waals surface area contributed by atoms with Gasteiger partial charge in [0.05, 0.1) is 5.56 Å². The van der Waals surface area contributed by atoms with E-state index in [0.29, 0.717) is 5.56 Å². The molecule has 0 fully saturated rings. The summed E-state index contributed by atoms with van der Waals surface area (Å²) in [5, 5.41) is 11.5. The molecule has 0 aliphatic rings. The van der Waals surface area contributed by atoms with Gasteiger partial charge in [0, 0.05) is 0 Å². The zero-order valence-corrected chi connectivity index (χ0v) is 17.0. The molecular weight excluding hydrogens is 332 g/mol. The molecule has 27 heavy (non-hydrogen) atoms. The van der Waals surface area contributed by atoms with E-state index in [1.54, 1.807) is 0 Å². The van der Waals surface area contributed by atoms with Crippen molar-refractivity contribution in [3.05, 3.63) is 47.5 Å². The highest BCUT2D eigenvalue weighted by molar-refractivity contribution is 6.05. The number of rotatable bonds is 14. The SMILES string of the molecule is CCCCCCCCCCCCCCc1ccc2ccccc2c1C(=O)O. The summed E-state index contributed by atoms with van der Waals surface area (Å²) in [7, 11) is 0. The number of aromatic carboxylic acids is 1. The molecule has 2 heteroatoms. The highest BCUT2D eigenvalue weighted by Crippen LogP contribution is 2.24. The molecule has 0 bridgehead atoms. The van der Waals surface area contributed by atoms with Gasteiger partial charge in [0.2, 0.25) is 0 Å². The van der Waals surface area contributed by atoms with Gasteiger partial charge in [0.15, 0.2) is 0 Å². The minimum absolute atomic E-state index is 0.496. The Morgan fingerprint density at radius 2 is 1.30 bits per heavy atom. The Hall–Kier alpha value is -1.83. The number of carboxylic acid groups (broad SMARTS) is 1. The summed E-state index contributed by atoms with van der Waals surface area (Å²) >= 11 is 0. The van der Waals surface area contributed by atoms with Crippen LogP contribution in [0.4, 0.5) is 0 Å². The third-order valence-electron chi connectivity index (χ3n) is 5.53. The number of carbonyl (C=O) groups is 1. The molecular formula is C25H36O2. The van der Waals surface area contributed by atoms with Crippen molar-refractivity contribution >= 4 is 16.7 Å². The van der Waals surface area contributed by atoms with Crippen molar-refractivity contribution in [1.29, 1.82) is 0 Å². The lowest BCUT2D eigenvalue weighted by molar-refractivity contribution is 0.0698. The van der Waals surface area contributed by atoms with Gasteiger partial charge in [-0.05, 0) is 29.2 Å². The lowest BCUT2D eigenvalue weighted by atomic mass is 9.95. The van der Waals surface area contributed by atoms with Crippen LogP contribution < -0.4 is 0 Å². The van der Waals surface area contributed by atoms with Gasteiger partial charge in [0.1, 0.15) is 0 Å². The lowest BCUT2D eigenvalue weighted by Crippen LogP contribution is -2.04. The summed E-state index contributed by atoms with van der Waals surface area (Å²) in [5.74, 6) is -0.805. The molecule has 0 aliphatic heterocycles. The molecule has 0 spiro atoms. The van der Waals surface area contributed by atoms with E-state index < -0.39 is 5.97 Å². The Bertz CT molecular complexity index is 690. The lowest BCUT2D eigenvalue weighted by Gasteiger charge is -2.10. The number of unbranched alkanes of at least 4 members (excludes halogenated alkanes) is 11. The number of carboxylic acids is 1. The van der Waals surface area contributed by atoms with Crippen LogP contribution in [-0.4, -0.2) is 11.1 Å². The maximum Gasteiger partial charge on any atom is 0.336 e. The second-order valence-electron chi connectivity index (χ2n) is 7.77. The van der Waals surface area contributed by atoms with Crippen LogP contribution in [0.1, 0.15) is 99.9 Å². The van der Waals surface area contributed by atoms with E-state index in [2.05, 4.69) is 13.0 Å². The first-order valence-corrected chi connectivity index (χ1v) is 11.0. The molecule has 0 saturated heterocycles. The summed E-state index contributed by atoms with van der Waals surface area (Å²) in [6.45, 7) is 2.27. The van der Waals surface area contributed by atoms with Crippen LogP contribution >= 0.6 is 0 Å². The largest absolute Gasteiger partial charge is 0.478 e. The summed E-state index contributed by atoms with van der Waals surface area (Å²) in [4.78, 5) is 11.8. The molecule has 0 heterocycles. The Morgan fingerprint density at radius 1 is 0.741 bits per heavy atom. The monoisotopic (exact) mass is 368 g/mol. The summed E-state index contributed by atoms with van der Waals surface area (Å²) in [6, 6.07) is 11.8. The van der Waals surface area contributed by atoms with E-state index in [4.69, 9.17) is 0 Å². The van der Waals surface area contributed by atoms with E-state index in [-0.39, 0.29) is 0 Å². The number of hydrogen-bond donors (Lipinski definition) is 1. The minimum atomic E-state index is -0.805. The van der Waals surface area contributed by atoms with E-state index in [1.807, 2.05) is 30.3 Å². The summed E-state index contributed by atoms with van der Waals surface area (Å²) in [5.41, 5.74) is 1.48. The first-order valence-electron chi connectivity index (χ1n) is 11.0. The van der Waals surface area contributed by atoms with Gasteiger partial charge in [-0.1, -0.05) is 114 Å². The van der Waals surface area contributed by atoms with Gasteiger partial charge >= 0.3 is 5.97 Å². The fourth-order valence-electron chi connectivity index (χ4n) is 3.93. The molecule has 2 aromatic carbocycles. The summed E-state index contributed by atoms with van der Waals surface area (Å²) < 4.78 is 0. The van der Waals surface area contributed by atoms with Crippen LogP contribution in [0.3, 0.4) is 0 Å². The molecule has 1 N–H and O–H groups in total. The van der Waals surface area contributed by atoms with Crippen molar-refractivity contribution in [2.75, 3.05) is 0 Å². The van der Waals surface area contributed by atoms with Crippen molar-refractivity contribution in [1.82, 2.24) is 0 Å². The smallest absolute Gasteiger partial charge is 0.336 e. The molecule has 0 aliphatic carbocycles. The maximum atomic E-state index is 11.8.